The first-order valence-corrected chi connectivity index (χ1v) is 19.2. The summed E-state index contributed by atoms with van der Waals surface area (Å²) >= 11 is 0. The third-order valence-corrected chi connectivity index (χ3v) is 13.8. The van der Waals surface area contributed by atoms with Crippen LogP contribution in [0, 0.1) is 23.7 Å². The maximum Gasteiger partial charge on any atom is 0.222 e. The molecule has 1 amide bonds. The van der Waals surface area contributed by atoms with Crippen molar-refractivity contribution in [1.29, 1.82) is 0 Å². The van der Waals surface area contributed by atoms with Crippen LogP contribution in [0.2, 0.25) is 0 Å². The van der Waals surface area contributed by atoms with Crippen molar-refractivity contribution in [3.63, 3.8) is 0 Å². The Morgan fingerprint density at radius 3 is 2.47 bits per heavy atom. The molecule has 6 nitrogen and oxygen atoms in total. The fourth-order valence-electron chi connectivity index (χ4n) is 11.4. The molecule has 7 aliphatic rings. The summed E-state index contributed by atoms with van der Waals surface area (Å²) in [6.07, 6.45) is 24.5. The molecule has 0 aromatic heterocycles. The molecule has 4 saturated carbocycles. The SMILES string of the molecule is COc1cc(O)c2c3c1O[C@H]1[C@H](N(CC4CCCCC4)C(=O)CCCCC4CCCCC4)CC[C@H]4[C@@H](C2)N(CC2CC2)CC[C@@]341. The largest absolute Gasteiger partial charge is 0.508 e. The Kier molecular flexibility index (Phi) is 8.50. The first kappa shape index (κ1) is 30.4. The van der Waals surface area contributed by atoms with Crippen molar-refractivity contribution < 1.29 is 19.4 Å². The van der Waals surface area contributed by atoms with Gasteiger partial charge in [-0.15, -0.1) is 0 Å². The molecule has 5 aliphatic carbocycles. The summed E-state index contributed by atoms with van der Waals surface area (Å²) in [6.45, 7) is 3.20. The van der Waals surface area contributed by atoms with E-state index in [1.54, 1.807) is 13.2 Å². The Hall–Kier alpha value is -1.95. The van der Waals surface area contributed by atoms with Crippen LogP contribution in [-0.4, -0.2) is 65.7 Å². The number of rotatable bonds is 11. The number of piperidine rings is 1. The summed E-state index contributed by atoms with van der Waals surface area (Å²) in [4.78, 5) is 19.6. The first-order valence-electron chi connectivity index (χ1n) is 19.2. The van der Waals surface area contributed by atoms with Gasteiger partial charge in [0.2, 0.25) is 5.91 Å². The minimum atomic E-state index is -0.144. The van der Waals surface area contributed by atoms with Crippen LogP contribution >= 0.6 is 0 Å². The molecule has 2 aliphatic heterocycles. The number of carbonyl (C=O) groups excluding carboxylic acids is 1. The summed E-state index contributed by atoms with van der Waals surface area (Å²) in [5.74, 6) is 5.15. The van der Waals surface area contributed by atoms with Gasteiger partial charge in [-0.05, 0) is 88.0 Å². The number of likely N-dealkylation sites (tertiary alicyclic amines) is 1. The molecule has 5 atom stereocenters. The van der Waals surface area contributed by atoms with Crippen molar-refractivity contribution in [1.82, 2.24) is 9.80 Å². The lowest BCUT2D eigenvalue weighted by Gasteiger charge is -2.60. The van der Waals surface area contributed by atoms with Crippen molar-refractivity contribution in [2.24, 2.45) is 23.7 Å². The Bertz CT molecular complexity index is 1230. The summed E-state index contributed by atoms with van der Waals surface area (Å²) < 4.78 is 13.1. The van der Waals surface area contributed by atoms with Gasteiger partial charge >= 0.3 is 0 Å². The molecular formula is C39H58N2O4. The van der Waals surface area contributed by atoms with Crippen LogP contribution in [0.3, 0.4) is 0 Å². The minimum absolute atomic E-state index is 0.0543. The highest BCUT2D eigenvalue weighted by atomic mass is 16.5. The van der Waals surface area contributed by atoms with Gasteiger partial charge in [0.25, 0.3) is 0 Å². The first-order chi connectivity index (χ1) is 22.1. The molecule has 1 spiro atoms. The van der Waals surface area contributed by atoms with E-state index < -0.39 is 0 Å². The summed E-state index contributed by atoms with van der Waals surface area (Å²) in [5, 5.41) is 11.4. The van der Waals surface area contributed by atoms with Crippen LogP contribution < -0.4 is 9.47 Å². The summed E-state index contributed by atoms with van der Waals surface area (Å²) in [6, 6.07) is 2.34. The van der Waals surface area contributed by atoms with E-state index in [1.165, 1.54) is 102 Å². The van der Waals surface area contributed by atoms with Gasteiger partial charge in [0.05, 0.1) is 13.2 Å². The molecular weight excluding hydrogens is 560 g/mol. The van der Waals surface area contributed by atoms with E-state index in [0.717, 1.165) is 68.3 Å². The lowest BCUT2D eigenvalue weighted by Crippen LogP contribution is -2.69. The number of hydrogen-bond donors (Lipinski definition) is 1. The average Bonchev–Trinajstić information content (AvgIpc) is 3.83. The number of ether oxygens (including phenoxy) is 2. The second-order valence-electron chi connectivity index (χ2n) is 16.4. The van der Waals surface area contributed by atoms with E-state index >= 15 is 0 Å². The molecule has 1 N–H and O–H groups in total. The molecule has 5 fully saturated rings. The second kappa shape index (κ2) is 12.6. The molecule has 6 heteroatoms. The number of hydrogen-bond acceptors (Lipinski definition) is 5. The van der Waals surface area contributed by atoms with Gasteiger partial charge in [-0.3, -0.25) is 9.69 Å². The fraction of sp³-hybridized carbons (Fsp3) is 0.821. The van der Waals surface area contributed by atoms with E-state index in [2.05, 4.69) is 9.80 Å². The van der Waals surface area contributed by atoms with Gasteiger partial charge in [0.1, 0.15) is 11.9 Å². The molecule has 1 aromatic carbocycles. The van der Waals surface area contributed by atoms with Crippen molar-refractivity contribution >= 4 is 5.91 Å². The maximum absolute atomic E-state index is 14.4. The highest BCUT2D eigenvalue weighted by molar-refractivity contribution is 5.77. The predicted molar refractivity (Wildman–Crippen MR) is 177 cm³/mol. The number of phenolic OH excluding ortho intramolecular Hbond substituents is 1. The zero-order chi connectivity index (χ0) is 30.5. The number of amides is 1. The van der Waals surface area contributed by atoms with Crippen molar-refractivity contribution in [3.8, 4) is 17.2 Å². The number of benzene rings is 1. The Morgan fingerprint density at radius 2 is 1.73 bits per heavy atom. The highest BCUT2D eigenvalue weighted by Crippen LogP contribution is 2.66. The standard InChI is InChI=1S/C39H58N2O4/c1-44-34-23-33(42)29-22-32-30-18-19-31(38-39(30,36(29)37(34)45-38)20-21-40(32)24-28-16-17-28)41(25-27-13-6-3-7-14-27)35(43)15-9-8-12-26-10-4-2-5-11-26/h23,26-28,30-32,38,42H,2-22,24-25H2,1H3/t30-,31+,32+,38-,39-/m0/s1. The third kappa shape index (κ3) is 5.47. The minimum Gasteiger partial charge on any atom is -0.508 e. The van der Waals surface area contributed by atoms with E-state index in [4.69, 9.17) is 9.47 Å². The number of carbonyl (C=O) groups is 1. The van der Waals surface area contributed by atoms with Crippen LogP contribution in [0.25, 0.3) is 0 Å². The molecule has 2 heterocycles. The molecule has 0 unspecified atom stereocenters. The van der Waals surface area contributed by atoms with E-state index in [1.807, 2.05) is 0 Å². The van der Waals surface area contributed by atoms with Crippen LogP contribution in [0.15, 0.2) is 6.07 Å². The molecule has 248 valence electrons. The molecule has 0 radical (unpaired) electrons. The second-order valence-corrected chi connectivity index (χ2v) is 16.4. The zero-order valence-electron chi connectivity index (χ0n) is 27.9. The van der Waals surface area contributed by atoms with Crippen LogP contribution in [0.1, 0.15) is 133 Å². The Morgan fingerprint density at radius 1 is 0.978 bits per heavy atom. The van der Waals surface area contributed by atoms with Crippen molar-refractivity contribution in [2.45, 2.75) is 152 Å². The molecule has 2 bridgehead atoms. The highest BCUT2D eigenvalue weighted by Gasteiger charge is 2.67. The van der Waals surface area contributed by atoms with E-state index in [0.29, 0.717) is 41.7 Å². The number of methoxy groups -OCH3 is 1. The average molecular weight is 619 g/mol. The molecule has 8 rings (SSSR count). The van der Waals surface area contributed by atoms with E-state index in [9.17, 15) is 9.90 Å². The third-order valence-electron chi connectivity index (χ3n) is 13.8. The van der Waals surface area contributed by atoms with Crippen LogP contribution in [-0.2, 0) is 16.6 Å². The molecule has 1 aromatic rings. The smallest absolute Gasteiger partial charge is 0.222 e. The topological polar surface area (TPSA) is 62.2 Å². The molecule has 1 saturated heterocycles. The van der Waals surface area contributed by atoms with Crippen molar-refractivity contribution in [3.05, 3.63) is 17.2 Å². The van der Waals surface area contributed by atoms with Crippen molar-refractivity contribution in [2.75, 3.05) is 26.7 Å². The summed E-state index contributed by atoms with van der Waals surface area (Å²) in [7, 11) is 1.70. The lowest BCUT2D eigenvalue weighted by molar-refractivity contribution is -0.144. The van der Waals surface area contributed by atoms with Crippen LogP contribution in [0.5, 0.6) is 17.2 Å². The van der Waals surface area contributed by atoms with Gasteiger partial charge in [0, 0.05) is 48.2 Å². The van der Waals surface area contributed by atoms with Gasteiger partial charge in [0.15, 0.2) is 11.5 Å². The van der Waals surface area contributed by atoms with E-state index in [-0.39, 0.29) is 17.6 Å². The quantitative estimate of drug-likeness (QED) is 0.257. The number of aromatic hydroxyl groups is 1. The van der Waals surface area contributed by atoms with Gasteiger partial charge in [-0.1, -0.05) is 64.2 Å². The Balaban J connectivity index is 1.09. The number of phenols is 1. The zero-order valence-corrected chi connectivity index (χ0v) is 27.9. The number of nitrogens with zero attached hydrogens (tertiary/aromatic N) is 2. The maximum atomic E-state index is 14.4. The monoisotopic (exact) mass is 618 g/mol. The van der Waals surface area contributed by atoms with Gasteiger partial charge in [-0.25, -0.2) is 0 Å². The van der Waals surface area contributed by atoms with Crippen LogP contribution in [0.4, 0.5) is 0 Å². The lowest BCUT2D eigenvalue weighted by atomic mass is 9.50. The molecule has 45 heavy (non-hydrogen) atoms. The fourth-order valence-corrected chi connectivity index (χ4v) is 11.4. The van der Waals surface area contributed by atoms with Gasteiger partial charge < -0.3 is 19.5 Å². The Labute approximate surface area is 271 Å². The van der Waals surface area contributed by atoms with Gasteiger partial charge in [-0.2, -0.15) is 0 Å². The predicted octanol–water partition coefficient (Wildman–Crippen LogP) is 7.77. The normalized spacial score (nSPS) is 33.0. The summed E-state index contributed by atoms with van der Waals surface area (Å²) in [5.41, 5.74) is 2.21. The number of unbranched alkanes of at least 4 members (excludes halogenated alkanes) is 1.